The highest BCUT2D eigenvalue weighted by Crippen LogP contribution is 2.20. The van der Waals surface area contributed by atoms with Crippen molar-refractivity contribution in [3.8, 4) is 0 Å². The predicted octanol–water partition coefficient (Wildman–Crippen LogP) is 1.04. The minimum absolute atomic E-state index is 0.0878. The first-order valence-corrected chi connectivity index (χ1v) is 4.95. The summed E-state index contributed by atoms with van der Waals surface area (Å²) in [6.45, 7) is 1.45. The van der Waals surface area contributed by atoms with Crippen molar-refractivity contribution in [2.75, 3.05) is 7.05 Å². The molecule has 1 aliphatic heterocycles. The van der Waals surface area contributed by atoms with Crippen LogP contribution >= 0.6 is 0 Å². The van der Waals surface area contributed by atoms with E-state index in [-0.39, 0.29) is 24.0 Å². The van der Waals surface area contributed by atoms with Gasteiger partial charge in [0.15, 0.2) is 5.78 Å². The molecule has 1 aliphatic rings. The largest absolute Gasteiger partial charge is 0.295 e. The SMILES string of the molecule is CC(=O)c1ccc2c(c1)C(=O)N(C)C(=O)C2. The summed E-state index contributed by atoms with van der Waals surface area (Å²) in [6.07, 6.45) is 0.218. The summed E-state index contributed by atoms with van der Waals surface area (Å²) >= 11 is 0. The van der Waals surface area contributed by atoms with Gasteiger partial charge in [-0.05, 0) is 18.6 Å². The molecular formula is C12H11NO3. The van der Waals surface area contributed by atoms with Crippen molar-refractivity contribution >= 4 is 17.6 Å². The van der Waals surface area contributed by atoms with E-state index in [1.807, 2.05) is 0 Å². The lowest BCUT2D eigenvalue weighted by molar-refractivity contribution is -0.127. The molecule has 0 N–H and O–H groups in total. The summed E-state index contributed by atoms with van der Waals surface area (Å²) in [7, 11) is 1.45. The fraction of sp³-hybridized carbons (Fsp3) is 0.250. The van der Waals surface area contributed by atoms with Gasteiger partial charge in [0.05, 0.1) is 6.42 Å². The van der Waals surface area contributed by atoms with E-state index < -0.39 is 0 Å². The summed E-state index contributed by atoms with van der Waals surface area (Å²) in [4.78, 5) is 35.5. The zero-order chi connectivity index (χ0) is 11.9. The quantitative estimate of drug-likeness (QED) is 0.521. The first-order chi connectivity index (χ1) is 7.50. The van der Waals surface area contributed by atoms with Crippen molar-refractivity contribution in [3.05, 3.63) is 34.9 Å². The van der Waals surface area contributed by atoms with E-state index in [4.69, 9.17) is 0 Å². The van der Waals surface area contributed by atoms with Crippen LogP contribution in [0.3, 0.4) is 0 Å². The van der Waals surface area contributed by atoms with Crippen LogP contribution in [0.1, 0.15) is 33.2 Å². The number of hydrogen-bond acceptors (Lipinski definition) is 3. The first kappa shape index (κ1) is 10.5. The Bertz CT molecular complexity index is 505. The summed E-state index contributed by atoms with van der Waals surface area (Å²) in [5, 5.41) is 0. The molecule has 1 heterocycles. The second kappa shape index (κ2) is 3.56. The van der Waals surface area contributed by atoms with Gasteiger partial charge in [-0.3, -0.25) is 19.3 Å². The van der Waals surface area contributed by atoms with Gasteiger partial charge >= 0.3 is 0 Å². The number of amides is 2. The molecule has 0 unspecified atom stereocenters. The molecule has 82 valence electrons. The van der Waals surface area contributed by atoms with Crippen molar-refractivity contribution in [2.45, 2.75) is 13.3 Å². The van der Waals surface area contributed by atoms with E-state index in [1.165, 1.54) is 14.0 Å². The number of likely N-dealkylation sites (N-methyl/N-ethyl adjacent to an activating group) is 1. The maximum absolute atomic E-state index is 11.8. The number of rotatable bonds is 1. The van der Waals surface area contributed by atoms with Crippen molar-refractivity contribution in [1.82, 2.24) is 4.90 Å². The van der Waals surface area contributed by atoms with Crippen LogP contribution in [0.2, 0.25) is 0 Å². The number of fused-ring (bicyclic) bond motifs is 1. The molecule has 1 aromatic rings. The van der Waals surface area contributed by atoms with Crippen LogP contribution in [-0.4, -0.2) is 29.5 Å². The molecule has 0 bridgehead atoms. The van der Waals surface area contributed by atoms with Gasteiger partial charge in [-0.2, -0.15) is 0 Å². The van der Waals surface area contributed by atoms with Crippen LogP contribution in [0.4, 0.5) is 0 Å². The number of carbonyl (C=O) groups excluding carboxylic acids is 3. The lowest BCUT2D eigenvalue weighted by atomic mass is 9.95. The van der Waals surface area contributed by atoms with Gasteiger partial charge in [0, 0.05) is 18.2 Å². The van der Waals surface area contributed by atoms with Crippen molar-refractivity contribution in [1.29, 1.82) is 0 Å². The first-order valence-electron chi connectivity index (χ1n) is 4.95. The highest BCUT2D eigenvalue weighted by atomic mass is 16.2. The molecule has 4 heteroatoms. The van der Waals surface area contributed by atoms with Crippen LogP contribution in [0.15, 0.2) is 18.2 Å². The summed E-state index contributed by atoms with van der Waals surface area (Å²) in [5.74, 6) is -0.641. The Morgan fingerprint density at radius 3 is 2.62 bits per heavy atom. The molecule has 0 aromatic heterocycles. The van der Waals surface area contributed by atoms with Crippen LogP contribution < -0.4 is 0 Å². The van der Waals surface area contributed by atoms with Gasteiger partial charge in [0.2, 0.25) is 5.91 Å². The normalized spacial score (nSPS) is 15.0. The van der Waals surface area contributed by atoms with Crippen LogP contribution in [0, 0.1) is 0 Å². The lowest BCUT2D eigenvalue weighted by Crippen LogP contribution is -2.39. The number of nitrogens with zero attached hydrogens (tertiary/aromatic N) is 1. The van der Waals surface area contributed by atoms with Gasteiger partial charge in [0.1, 0.15) is 0 Å². The summed E-state index contributed by atoms with van der Waals surface area (Å²) in [6, 6.07) is 4.88. The topological polar surface area (TPSA) is 54.5 Å². The Labute approximate surface area is 92.9 Å². The third kappa shape index (κ3) is 1.52. The average molecular weight is 217 g/mol. The standard InChI is InChI=1S/C12H11NO3/c1-7(14)8-3-4-9-6-11(15)13(2)12(16)10(9)5-8/h3-5H,6H2,1-2H3. The molecule has 0 aliphatic carbocycles. The van der Waals surface area contributed by atoms with Crippen molar-refractivity contribution in [2.24, 2.45) is 0 Å². The molecule has 2 rings (SSSR count). The maximum atomic E-state index is 11.8. The Kier molecular flexibility index (Phi) is 2.34. The number of Topliss-reactive ketones (excluding diaryl/α,β-unsaturated/α-hetero) is 1. The van der Waals surface area contributed by atoms with Crippen molar-refractivity contribution < 1.29 is 14.4 Å². The molecule has 4 nitrogen and oxygen atoms in total. The van der Waals surface area contributed by atoms with Gasteiger partial charge in [0.25, 0.3) is 5.91 Å². The monoisotopic (exact) mass is 217 g/mol. The Morgan fingerprint density at radius 2 is 2.00 bits per heavy atom. The van der Waals surface area contributed by atoms with E-state index >= 15 is 0 Å². The number of ketones is 1. The highest BCUT2D eigenvalue weighted by Gasteiger charge is 2.28. The van der Waals surface area contributed by atoms with E-state index in [2.05, 4.69) is 0 Å². The zero-order valence-corrected chi connectivity index (χ0v) is 9.11. The van der Waals surface area contributed by atoms with Crippen LogP contribution in [-0.2, 0) is 11.2 Å². The molecule has 16 heavy (non-hydrogen) atoms. The van der Waals surface area contributed by atoms with E-state index in [1.54, 1.807) is 18.2 Å². The van der Waals surface area contributed by atoms with Gasteiger partial charge in [-0.1, -0.05) is 12.1 Å². The zero-order valence-electron chi connectivity index (χ0n) is 9.11. The van der Waals surface area contributed by atoms with E-state index in [9.17, 15) is 14.4 Å². The number of carbonyl (C=O) groups is 3. The van der Waals surface area contributed by atoms with Gasteiger partial charge < -0.3 is 0 Å². The van der Waals surface area contributed by atoms with Gasteiger partial charge in [-0.25, -0.2) is 0 Å². The number of hydrogen-bond donors (Lipinski definition) is 0. The molecule has 2 amide bonds. The Balaban J connectivity index is 2.55. The predicted molar refractivity (Wildman–Crippen MR) is 57.3 cm³/mol. The van der Waals surface area contributed by atoms with Crippen LogP contribution in [0.25, 0.3) is 0 Å². The second-order valence-electron chi connectivity index (χ2n) is 3.86. The summed E-state index contributed by atoms with van der Waals surface area (Å²) < 4.78 is 0. The molecule has 0 fully saturated rings. The smallest absolute Gasteiger partial charge is 0.260 e. The molecule has 1 aromatic carbocycles. The van der Waals surface area contributed by atoms with E-state index in [0.717, 1.165) is 4.90 Å². The molecular weight excluding hydrogens is 206 g/mol. The number of imide groups is 1. The van der Waals surface area contributed by atoms with Crippen molar-refractivity contribution in [3.63, 3.8) is 0 Å². The molecule has 0 spiro atoms. The fourth-order valence-corrected chi connectivity index (χ4v) is 1.72. The Morgan fingerprint density at radius 1 is 1.31 bits per heavy atom. The number of benzene rings is 1. The van der Waals surface area contributed by atoms with E-state index in [0.29, 0.717) is 16.7 Å². The fourth-order valence-electron chi connectivity index (χ4n) is 1.72. The molecule has 0 atom stereocenters. The molecule has 0 saturated carbocycles. The maximum Gasteiger partial charge on any atom is 0.260 e. The summed E-state index contributed by atoms with van der Waals surface area (Å²) in [5.41, 5.74) is 1.64. The lowest BCUT2D eigenvalue weighted by Gasteiger charge is -2.23. The van der Waals surface area contributed by atoms with Crippen LogP contribution in [0.5, 0.6) is 0 Å². The van der Waals surface area contributed by atoms with Gasteiger partial charge in [-0.15, -0.1) is 0 Å². The third-order valence-corrected chi connectivity index (χ3v) is 2.77. The highest BCUT2D eigenvalue weighted by molar-refractivity contribution is 6.10. The third-order valence-electron chi connectivity index (χ3n) is 2.77. The minimum atomic E-state index is -0.339. The second-order valence-corrected chi connectivity index (χ2v) is 3.86. The Hall–Kier alpha value is -1.97. The molecule has 0 radical (unpaired) electrons. The average Bonchev–Trinajstić information content (AvgIpc) is 2.25. The molecule has 0 saturated heterocycles. The minimum Gasteiger partial charge on any atom is -0.295 e.